The van der Waals surface area contributed by atoms with Gasteiger partial charge in [-0.1, -0.05) is 62.5 Å². The van der Waals surface area contributed by atoms with Crippen LogP contribution in [0.2, 0.25) is 0 Å². The fraction of sp³-hybridized carbons (Fsp3) is 0.208. The Kier molecular flexibility index (Phi) is 15.1. The summed E-state index contributed by atoms with van der Waals surface area (Å²) in [5.41, 5.74) is 8.98. The van der Waals surface area contributed by atoms with Crippen LogP contribution in [0.5, 0.6) is 0 Å². The number of pyridine rings is 2. The summed E-state index contributed by atoms with van der Waals surface area (Å²) in [7, 11) is -0.250. The Labute approximate surface area is 424 Å². The molecule has 18 heteroatoms. The van der Waals surface area contributed by atoms with Crippen molar-refractivity contribution in [1.82, 2.24) is 49.1 Å². The lowest BCUT2D eigenvalue weighted by molar-refractivity contribution is 0.00578. The van der Waals surface area contributed by atoms with Crippen LogP contribution in [-0.4, -0.2) is 80.5 Å². The molecular weight excluding hydrogens is 1010 g/mol. The maximum Gasteiger partial charge on any atom is 0.486 e. The van der Waals surface area contributed by atoms with E-state index in [0.29, 0.717) is 34.7 Å². The molecule has 71 heavy (non-hydrogen) atoms. The summed E-state index contributed by atoms with van der Waals surface area (Å²) in [5, 5.41) is 18.2. The summed E-state index contributed by atoms with van der Waals surface area (Å²) < 4.78 is 42.9. The first-order chi connectivity index (χ1) is 33.8. The number of hydrogen-bond acceptors (Lipinski definition) is 10. The molecule has 362 valence electrons. The molecule has 11 rings (SSSR count). The van der Waals surface area contributed by atoms with E-state index in [9.17, 15) is 8.78 Å². The van der Waals surface area contributed by atoms with Crippen LogP contribution < -0.4 is 10.6 Å². The van der Waals surface area contributed by atoms with Gasteiger partial charge in [-0.3, -0.25) is 9.97 Å². The molecular formula is C53H54BF2IN12O2. The van der Waals surface area contributed by atoms with Crippen molar-refractivity contribution in [2.75, 3.05) is 23.7 Å². The minimum Gasteiger partial charge on any atom is -0.400 e. The van der Waals surface area contributed by atoms with Gasteiger partial charge in [0.1, 0.15) is 23.3 Å². The van der Waals surface area contributed by atoms with Crippen LogP contribution in [0.25, 0.3) is 61.7 Å². The first-order valence-electron chi connectivity index (χ1n) is 22.6. The largest absolute Gasteiger partial charge is 0.486 e. The fourth-order valence-electron chi connectivity index (χ4n) is 8.02. The minimum absolute atomic E-state index is 0. The van der Waals surface area contributed by atoms with Gasteiger partial charge in [0.25, 0.3) is 0 Å². The van der Waals surface area contributed by atoms with Gasteiger partial charge in [-0.2, -0.15) is 19.2 Å². The van der Waals surface area contributed by atoms with Crippen LogP contribution in [-0.2, 0) is 22.2 Å². The second-order valence-electron chi connectivity index (χ2n) is 17.5. The number of H-pyrrole nitrogens is 2. The van der Waals surface area contributed by atoms with Crippen molar-refractivity contribution in [2.24, 2.45) is 0 Å². The summed E-state index contributed by atoms with van der Waals surface area (Å²) in [6.45, 7) is 17.0. The number of benzene rings is 2. The van der Waals surface area contributed by atoms with Crippen LogP contribution in [0.15, 0.2) is 142 Å². The molecule has 4 N–H and O–H groups in total. The zero-order valence-corrected chi connectivity index (χ0v) is 41.2. The van der Waals surface area contributed by atoms with Gasteiger partial charge in [0.2, 0.25) is 0 Å². The van der Waals surface area contributed by atoms with Crippen LogP contribution >= 0.6 is 22.6 Å². The Morgan fingerprint density at radius 3 is 1.63 bits per heavy atom. The van der Waals surface area contributed by atoms with Gasteiger partial charge < -0.3 is 29.9 Å². The van der Waals surface area contributed by atoms with Crippen molar-refractivity contribution in [3.63, 3.8) is 0 Å². The van der Waals surface area contributed by atoms with Gasteiger partial charge in [0.15, 0.2) is 11.3 Å². The fourth-order valence-corrected chi connectivity index (χ4v) is 8.50. The zero-order chi connectivity index (χ0) is 49.0. The molecule has 0 saturated carbocycles. The Balaban J connectivity index is 0.000000156. The second-order valence-corrected chi connectivity index (χ2v) is 18.7. The number of hydrogen-bond donors (Lipinski definition) is 4. The van der Waals surface area contributed by atoms with Gasteiger partial charge >= 0.3 is 7.12 Å². The molecule has 0 aliphatic carbocycles. The molecule has 0 radical (unpaired) electrons. The van der Waals surface area contributed by atoms with Crippen LogP contribution in [0, 0.1) is 15.2 Å². The number of nitrogens with zero attached hydrogens (tertiary/aromatic N) is 8. The smallest absolute Gasteiger partial charge is 0.400 e. The normalized spacial score (nSPS) is 13.6. The second kappa shape index (κ2) is 21.4. The molecule has 9 heterocycles. The Morgan fingerprint density at radius 1 is 0.676 bits per heavy atom. The highest BCUT2D eigenvalue weighted by Gasteiger charge is 2.49. The van der Waals surface area contributed by atoms with Crippen molar-refractivity contribution in [3.8, 4) is 22.5 Å². The highest BCUT2D eigenvalue weighted by Crippen LogP contribution is 2.37. The van der Waals surface area contributed by atoms with E-state index in [4.69, 9.17) is 9.31 Å². The number of fused-ring (bicyclic) bond motifs is 4. The van der Waals surface area contributed by atoms with E-state index in [2.05, 4.69) is 117 Å². The number of aromatic amines is 2. The maximum atomic E-state index is 13.7. The summed E-state index contributed by atoms with van der Waals surface area (Å²) >= 11 is 2.20. The lowest BCUT2D eigenvalue weighted by Crippen LogP contribution is -2.41. The highest BCUT2D eigenvalue weighted by molar-refractivity contribution is 14.1. The lowest BCUT2D eigenvalue weighted by Gasteiger charge is -2.32. The molecule has 2 aromatic carbocycles. The number of aromatic nitrogens is 10. The van der Waals surface area contributed by atoms with E-state index in [1.54, 1.807) is 45.9 Å². The first-order valence-corrected chi connectivity index (χ1v) is 23.7. The lowest BCUT2D eigenvalue weighted by atomic mass is 9.90. The molecule has 8 aromatic heterocycles. The molecule has 0 unspecified atom stereocenters. The average Bonchev–Trinajstić information content (AvgIpc) is 4.19. The third kappa shape index (κ3) is 10.9. The highest BCUT2D eigenvalue weighted by atomic mass is 127. The van der Waals surface area contributed by atoms with E-state index in [1.807, 2.05) is 70.3 Å². The van der Waals surface area contributed by atoms with E-state index in [0.717, 1.165) is 56.8 Å². The predicted molar refractivity (Wildman–Crippen MR) is 289 cm³/mol. The molecule has 0 spiro atoms. The monoisotopic (exact) mass is 1070 g/mol. The standard InChI is InChI=1S/C23H19FN6.C21H16FIN6.C8H15BO2.CH4/c1-2-15-13-28-30-22(10-21(29-23(15)30)17-9-18(24)14-25-11-17)26-8-7-16-12-27-20-6-4-3-5-19(16)20;22-15-7-14(9-24-11-15)19-8-20(29-21(28-19)17(23)12-27-29)25-6-5-13-10-26-18-4-2-1-3-16(13)18;1-6-9-10-7(2,3)8(4,5)11-9;/h2-6,9-14,26-27H,1,7-8H2;1-4,7-12,25-26H,5-6H2;6H,1H2,2-5H3;1H4. The van der Waals surface area contributed by atoms with Crippen LogP contribution in [0.1, 0.15) is 51.8 Å². The van der Waals surface area contributed by atoms with Crippen LogP contribution in [0.3, 0.4) is 0 Å². The van der Waals surface area contributed by atoms with Crippen molar-refractivity contribution in [3.05, 3.63) is 173 Å². The number of rotatable bonds is 12. The molecule has 0 bridgehead atoms. The topological polar surface area (TPSA) is 160 Å². The summed E-state index contributed by atoms with van der Waals surface area (Å²) in [6.07, 6.45) is 16.5. The number of para-hydroxylation sites is 2. The number of anilines is 2. The zero-order valence-electron chi connectivity index (χ0n) is 39.0. The Bertz CT molecular complexity index is 3480. The van der Waals surface area contributed by atoms with E-state index in [1.165, 1.54) is 46.4 Å². The SMILES string of the molecule is C.C=CB1OC(C)(C)C(C)(C)O1.C=Cc1cnn2c(NCCc3c[nH]c4ccccc34)cc(-c3cncc(F)c3)nc12.Fc1cncc(-c2cc(NCCc3c[nH]c4ccccc34)n3ncc(I)c3n2)c1. The Hall–Kier alpha value is -7.29. The molecule has 10 aromatic rings. The quantitative estimate of drug-likeness (QED) is 0.0685. The third-order valence-corrected chi connectivity index (χ3v) is 13.1. The molecule has 0 amide bonds. The predicted octanol–water partition coefficient (Wildman–Crippen LogP) is 11.8. The molecule has 1 fully saturated rings. The third-order valence-electron chi connectivity index (χ3n) is 12.4. The van der Waals surface area contributed by atoms with Gasteiger partial charge in [0, 0.05) is 88.5 Å². The molecule has 0 atom stereocenters. The molecule has 1 saturated heterocycles. The molecule has 14 nitrogen and oxygen atoms in total. The average molecular weight is 1070 g/mol. The van der Waals surface area contributed by atoms with Gasteiger partial charge in [-0.05, 0) is 98.5 Å². The molecule has 1 aliphatic rings. The number of halogens is 3. The first kappa shape index (κ1) is 50.1. The molecule has 1 aliphatic heterocycles. The van der Waals surface area contributed by atoms with Gasteiger partial charge in [-0.15, -0.1) is 6.58 Å². The summed E-state index contributed by atoms with van der Waals surface area (Å²) in [5.74, 6) is 2.46. The maximum absolute atomic E-state index is 13.7. The summed E-state index contributed by atoms with van der Waals surface area (Å²) in [6, 6.07) is 23.1. The van der Waals surface area contributed by atoms with E-state index >= 15 is 0 Å². The summed E-state index contributed by atoms with van der Waals surface area (Å²) in [4.78, 5) is 23.8. The van der Waals surface area contributed by atoms with Crippen LogP contribution in [0.4, 0.5) is 20.4 Å². The van der Waals surface area contributed by atoms with E-state index in [-0.39, 0.29) is 31.6 Å². The van der Waals surface area contributed by atoms with Crippen molar-refractivity contribution in [2.45, 2.75) is 59.2 Å². The minimum atomic E-state index is -0.402. The van der Waals surface area contributed by atoms with Gasteiger partial charge in [-0.25, -0.2) is 18.7 Å². The van der Waals surface area contributed by atoms with Crippen molar-refractivity contribution < 1.29 is 18.1 Å². The van der Waals surface area contributed by atoms with Gasteiger partial charge in [0.05, 0.1) is 50.9 Å². The number of nitrogens with one attached hydrogen (secondary N) is 4. The van der Waals surface area contributed by atoms with E-state index < -0.39 is 5.82 Å². The Morgan fingerprint density at radius 2 is 1.15 bits per heavy atom. The van der Waals surface area contributed by atoms with Crippen molar-refractivity contribution >= 4 is 80.5 Å². The van der Waals surface area contributed by atoms with Crippen molar-refractivity contribution in [1.29, 1.82) is 0 Å².